The molecule has 0 radical (unpaired) electrons. The van der Waals surface area contributed by atoms with Crippen LogP contribution in [0.15, 0.2) is 0 Å². The molecular formula is C13H26N2O4. The predicted octanol–water partition coefficient (Wildman–Crippen LogP) is -0.220. The van der Waals surface area contributed by atoms with Crippen LogP contribution in [0.5, 0.6) is 0 Å². The van der Waals surface area contributed by atoms with E-state index in [1.807, 2.05) is 0 Å². The van der Waals surface area contributed by atoms with E-state index < -0.39 is 5.41 Å². The van der Waals surface area contributed by atoms with E-state index in [1.165, 1.54) is 0 Å². The average molecular weight is 274 g/mol. The number of amides is 1. The van der Waals surface area contributed by atoms with Gasteiger partial charge in [0, 0.05) is 27.9 Å². The van der Waals surface area contributed by atoms with Gasteiger partial charge < -0.3 is 24.8 Å². The highest BCUT2D eigenvalue weighted by Gasteiger charge is 2.39. The van der Waals surface area contributed by atoms with Gasteiger partial charge in [0.2, 0.25) is 5.91 Å². The smallest absolute Gasteiger partial charge is 0.228 e. The fourth-order valence-electron chi connectivity index (χ4n) is 2.41. The molecule has 1 heterocycles. The van der Waals surface area contributed by atoms with Crippen LogP contribution in [0.2, 0.25) is 0 Å². The highest BCUT2D eigenvalue weighted by Crippen LogP contribution is 2.29. The van der Waals surface area contributed by atoms with Crippen molar-refractivity contribution in [3.63, 3.8) is 0 Å². The van der Waals surface area contributed by atoms with E-state index in [0.29, 0.717) is 19.8 Å². The van der Waals surface area contributed by atoms with Crippen molar-refractivity contribution in [3.05, 3.63) is 0 Å². The zero-order valence-electron chi connectivity index (χ0n) is 12.2. The van der Waals surface area contributed by atoms with Crippen LogP contribution in [0.25, 0.3) is 0 Å². The quantitative estimate of drug-likeness (QED) is 0.640. The number of methoxy groups -OCH3 is 3. The van der Waals surface area contributed by atoms with Gasteiger partial charge >= 0.3 is 0 Å². The Bertz CT molecular complexity index is 262. The van der Waals surface area contributed by atoms with E-state index in [2.05, 4.69) is 10.6 Å². The molecule has 6 heteroatoms. The summed E-state index contributed by atoms with van der Waals surface area (Å²) in [5.41, 5.74) is -0.411. The fourth-order valence-corrected chi connectivity index (χ4v) is 2.41. The van der Waals surface area contributed by atoms with Crippen molar-refractivity contribution in [3.8, 4) is 0 Å². The van der Waals surface area contributed by atoms with Crippen LogP contribution < -0.4 is 10.6 Å². The maximum Gasteiger partial charge on any atom is 0.228 e. The second kappa shape index (κ2) is 8.47. The molecule has 0 aromatic rings. The van der Waals surface area contributed by atoms with Crippen molar-refractivity contribution in [2.75, 3.05) is 54.2 Å². The maximum atomic E-state index is 12.4. The molecule has 1 unspecified atom stereocenters. The molecule has 1 atom stereocenters. The number of piperidine rings is 1. The van der Waals surface area contributed by atoms with Crippen LogP contribution in [-0.4, -0.2) is 66.2 Å². The third-order valence-corrected chi connectivity index (χ3v) is 3.64. The van der Waals surface area contributed by atoms with Gasteiger partial charge in [0.15, 0.2) is 0 Å². The third-order valence-electron chi connectivity index (χ3n) is 3.64. The molecule has 1 rings (SSSR count). The van der Waals surface area contributed by atoms with E-state index >= 15 is 0 Å². The summed E-state index contributed by atoms with van der Waals surface area (Å²) in [4.78, 5) is 12.4. The van der Waals surface area contributed by atoms with E-state index in [9.17, 15) is 4.79 Å². The summed E-state index contributed by atoms with van der Waals surface area (Å²) in [6.07, 6.45) is 1.48. The Hall–Kier alpha value is -0.690. The van der Waals surface area contributed by atoms with Crippen molar-refractivity contribution < 1.29 is 19.0 Å². The molecule has 1 aliphatic heterocycles. The van der Waals surface area contributed by atoms with E-state index in [0.717, 1.165) is 25.9 Å². The molecule has 0 aliphatic carbocycles. The zero-order valence-corrected chi connectivity index (χ0v) is 12.2. The summed E-state index contributed by atoms with van der Waals surface area (Å²) >= 11 is 0. The molecule has 112 valence electrons. The first-order valence-corrected chi connectivity index (χ1v) is 6.68. The predicted molar refractivity (Wildman–Crippen MR) is 72.1 cm³/mol. The van der Waals surface area contributed by atoms with Gasteiger partial charge in [-0.25, -0.2) is 0 Å². The van der Waals surface area contributed by atoms with Gasteiger partial charge in [0.05, 0.1) is 24.7 Å². The molecule has 0 spiro atoms. The third kappa shape index (κ3) is 4.72. The molecule has 6 nitrogen and oxygen atoms in total. The topological polar surface area (TPSA) is 68.8 Å². The summed E-state index contributed by atoms with van der Waals surface area (Å²) < 4.78 is 15.5. The summed E-state index contributed by atoms with van der Waals surface area (Å²) in [5.74, 6) is 0.0500. The Labute approximate surface area is 115 Å². The normalized spacial score (nSPS) is 19.9. The number of hydrogen-bond donors (Lipinski definition) is 2. The van der Waals surface area contributed by atoms with Crippen molar-refractivity contribution in [2.45, 2.75) is 18.9 Å². The summed E-state index contributed by atoms with van der Waals surface area (Å²) in [7, 11) is 4.87. The molecule has 0 bridgehead atoms. The van der Waals surface area contributed by atoms with Crippen molar-refractivity contribution in [1.29, 1.82) is 0 Å². The Morgan fingerprint density at radius 2 is 1.95 bits per heavy atom. The van der Waals surface area contributed by atoms with Crippen molar-refractivity contribution >= 4 is 5.91 Å². The first-order valence-electron chi connectivity index (χ1n) is 6.68. The monoisotopic (exact) mass is 274 g/mol. The van der Waals surface area contributed by atoms with Gasteiger partial charge in [-0.3, -0.25) is 4.79 Å². The van der Waals surface area contributed by atoms with Gasteiger partial charge in [0.25, 0.3) is 0 Å². The van der Waals surface area contributed by atoms with E-state index in [4.69, 9.17) is 14.2 Å². The maximum absolute atomic E-state index is 12.4. The number of rotatable bonds is 8. The molecule has 1 fully saturated rings. The lowest BCUT2D eigenvalue weighted by atomic mass is 9.78. The summed E-state index contributed by atoms with van der Waals surface area (Å²) in [5, 5.41) is 6.23. The Kier molecular flexibility index (Phi) is 7.30. The molecule has 0 saturated carbocycles. The van der Waals surface area contributed by atoms with Gasteiger partial charge in [0.1, 0.15) is 0 Å². The van der Waals surface area contributed by atoms with Gasteiger partial charge in [-0.05, 0) is 25.9 Å². The number of hydrogen-bond acceptors (Lipinski definition) is 5. The summed E-state index contributed by atoms with van der Waals surface area (Å²) in [6, 6.07) is 0. The number of carbonyl (C=O) groups excluding carboxylic acids is 1. The summed E-state index contributed by atoms with van der Waals surface area (Å²) in [6.45, 7) is 3.09. The second-order valence-electron chi connectivity index (χ2n) is 4.99. The highest BCUT2D eigenvalue weighted by atomic mass is 16.5. The van der Waals surface area contributed by atoms with Gasteiger partial charge in [-0.2, -0.15) is 0 Å². The minimum atomic E-state index is -0.411. The molecule has 1 saturated heterocycles. The van der Waals surface area contributed by atoms with Crippen LogP contribution in [0.1, 0.15) is 12.8 Å². The molecule has 0 aromatic heterocycles. The number of ether oxygens (including phenoxy) is 3. The van der Waals surface area contributed by atoms with Crippen LogP contribution in [0, 0.1) is 5.41 Å². The van der Waals surface area contributed by atoms with Crippen molar-refractivity contribution in [1.82, 2.24) is 10.6 Å². The molecule has 2 N–H and O–H groups in total. The van der Waals surface area contributed by atoms with Crippen LogP contribution in [-0.2, 0) is 19.0 Å². The molecule has 0 aromatic carbocycles. The van der Waals surface area contributed by atoms with Crippen LogP contribution in [0.3, 0.4) is 0 Å². The average Bonchev–Trinajstić information content (AvgIpc) is 2.44. The largest absolute Gasteiger partial charge is 0.384 e. The van der Waals surface area contributed by atoms with Gasteiger partial charge in [-0.15, -0.1) is 0 Å². The lowest BCUT2D eigenvalue weighted by Gasteiger charge is -2.35. The highest BCUT2D eigenvalue weighted by molar-refractivity contribution is 5.83. The Balaban J connectivity index is 2.52. The lowest BCUT2D eigenvalue weighted by molar-refractivity contribution is -0.137. The molecule has 1 aliphatic rings. The SMILES string of the molecule is COCC(CNC(=O)C1(COC)CCNCC1)OC. The molecule has 1 amide bonds. The van der Waals surface area contributed by atoms with E-state index in [-0.39, 0.29) is 12.0 Å². The first kappa shape index (κ1) is 16.4. The lowest BCUT2D eigenvalue weighted by Crippen LogP contribution is -2.51. The minimum absolute atomic E-state index is 0.0500. The number of nitrogens with one attached hydrogen (secondary N) is 2. The standard InChI is InChI=1S/C13H26N2O4/c1-17-9-11(19-3)8-15-12(16)13(10-18-2)4-6-14-7-5-13/h11,14H,4-10H2,1-3H3,(H,15,16). The molecule has 19 heavy (non-hydrogen) atoms. The number of carbonyl (C=O) groups is 1. The Morgan fingerprint density at radius 1 is 1.26 bits per heavy atom. The second-order valence-corrected chi connectivity index (χ2v) is 4.99. The van der Waals surface area contributed by atoms with Gasteiger partial charge in [-0.1, -0.05) is 0 Å². The molecular weight excluding hydrogens is 248 g/mol. The fraction of sp³-hybridized carbons (Fsp3) is 0.923. The van der Waals surface area contributed by atoms with Crippen LogP contribution >= 0.6 is 0 Å². The van der Waals surface area contributed by atoms with E-state index in [1.54, 1.807) is 21.3 Å². The Morgan fingerprint density at radius 3 is 2.47 bits per heavy atom. The first-order chi connectivity index (χ1) is 9.18. The minimum Gasteiger partial charge on any atom is -0.384 e. The zero-order chi connectivity index (χ0) is 14.1. The van der Waals surface area contributed by atoms with Crippen LogP contribution in [0.4, 0.5) is 0 Å². The van der Waals surface area contributed by atoms with Crippen molar-refractivity contribution in [2.24, 2.45) is 5.41 Å².